The smallest absolute Gasteiger partial charge is 0.0708 e. The van der Waals surface area contributed by atoms with Gasteiger partial charge in [0.25, 0.3) is 0 Å². The van der Waals surface area contributed by atoms with E-state index in [0.29, 0.717) is 0 Å². The largest absolute Gasteiger partial charge is 0.256 e. The van der Waals surface area contributed by atoms with Crippen molar-refractivity contribution < 1.29 is 0 Å². The minimum absolute atomic E-state index is 0.996. The van der Waals surface area contributed by atoms with E-state index in [0.717, 1.165) is 38.4 Å². The maximum atomic E-state index is 4.66. The summed E-state index contributed by atoms with van der Waals surface area (Å²) in [7, 11) is 0. The quantitative estimate of drug-likeness (QED) is 0.177. The Hall–Kier alpha value is -6.97. The molecule has 3 aromatic heterocycles. The lowest BCUT2D eigenvalue weighted by atomic mass is 9.85. The van der Waals surface area contributed by atoms with Crippen LogP contribution in [0, 0.1) is 0 Å². The Balaban J connectivity index is 1.16. The number of nitrogens with zero attached hydrogens (tertiary/aromatic N) is 3. The van der Waals surface area contributed by atoms with Gasteiger partial charge in [-0.3, -0.25) is 15.0 Å². The molecule has 0 fully saturated rings. The van der Waals surface area contributed by atoms with Crippen molar-refractivity contribution in [2.75, 3.05) is 0 Å². The summed E-state index contributed by atoms with van der Waals surface area (Å²) in [5.74, 6) is 0. The lowest BCUT2D eigenvalue weighted by Crippen LogP contribution is -1.91. The van der Waals surface area contributed by atoms with Gasteiger partial charge in [0.2, 0.25) is 0 Å². The van der Waals surface area contributed by atoms with Crippen LogP contribution in [0.4, 0.5) is 0 Å². The second-order valence-corrected chi connectivity index (χ2v) is 13.6. The molecule has 240 valence electrons. The molecule has 0 unspecified atom stereocenters. The maximum absolute atomic E-state index is 4.66. The van der Waals surface area contributed by atoms with Crippen molar-refractivity contribution in [2.45, 2.75) is 0 Å². The van der Waals surface area contributed by atoms with Crippen LogP contribution in [0.2, 0.25) is 0 Å². The standard InChI is InChI=1S/C49H29N3/c1-7-40(42-8-4-24-52-47(42)9-1)41-17-13-31-11-10-30-12-16-39(43-18-19-44(41)49(31)48(30)43)38-28-36(32-14-20-45-34(25-32)5-2-22-50-45)27-37(29-38)33-15-21-46-35(26-33)6-3-23-51-46/h1-29H. The Bertz CT molecular complexity index is 3090. The van der Waals surface area contributed by atoms with Crippen LogP contribution in [0.15, 0.2) is 176 Å². The fourth-order valence-electron chi connectivity index (χ4n) is 8.25. The fraction of sp³-hybridized carbons (Fsp3) is 0. The third-order valence-corrected chi connectivity index (χ3v) is 10.7. The van der Waals surface area contributed by atoms with Crippen LogP contribution in [0.3, 0.4) is 0 Å². The van der Waals surface area contributed by atoms with Crippen LogP contribution in [0.25, 0.3) is 110 Å². The van der Waals surface area contributed by atoms with Gasteiger partial charge in [-0.15, -0.1) is 0 Å². The molecule has 0 saturated carbocycles. The predicted octanol–water partition coefficient (Wildman–Crippen LogP) is 12.9. The highest BCUT2D eigenvalue weighted by molar-refractivity contribution is 6.28. The zero-order chi connectivity index (χ0) is 34.2. The Morgan fingerprint density at radius 3 is 1.44 bits per heavy atom. The number of fused-ring (bicyclic) bond motifs is 3. The van der Waals surface area contributed by atoms with Gasteiger partial charge in [-0.05, 0) is 144 Å². The van der Waals surface area contributed by atoms with Crippen LogP contribution in [0.1, 0.15) is 0 Å². The molecule has 0 saturated heterocycles. The number of hydrogen-bond acceptors (Lipinski definition) is 3. The summed E-state index contributed by atoms with van der Waals surface area (Å²) < 4.78 is 0. The molecule has 0 amide bonds. The first-order chi connectivity index (χ1) is 25.7. The van der Waals surface area contributed by atoms with E-state index >= 15 is 0 Å². The Kier molecular flexibility index (Phi) is 6.25. The monoisotopic (exact) mass is 659 g/mol. The summed E-state index contributed by atoms with van der Waals surface area (Å²) in [6, 6.07) is 57.4. The van der Waals surface area contributed by atoms with Gasteiger partial charge < -0.3 is 0 Å². The molecule has 0 aliphatic rings. The average Bonchev–Trinajstić information content (AvgIpc) is 3.22. The highest BCUT2D eigenvalue weighted by Gasteiger charge is 2.17. The first-order valence-corrected chi connectivity index (χ1v) is 17.7. The molecule has 0 atom stereocenters. The number of hydrogen-bond donors (Lipinski definition) is 0. The van der Waals surface area contributed by atoms with E-state index in [-0.39, 0.29) is 0 Å². The molecule has 11 rings (SSSR count). The molecule has 0 aliphatic carbocycles. The third kappa shape index (κ3) is 4.50. The first kappa shape index (κ1) is 28.8. The second kappa shape index (κ2) is 11.3. The summed E-state index contributed by atoms with van der Waals surface area (Å²) >= 11 is 0. The normalized spacial score (nSPS) is 11.8. The lowest BCUT2D eigenvalue weighted by molar-refractivity contribution is 1.41. The van der Waals surface area contributed by atoms with E-state index in [1.165, 1.54) is 71.1 Å². The molecule has 0 radical (unpaired) electrons. The lowest BCUT2D eigenvalue weighted by Gasteiger charge is -2.18. The molecule has 0 N–H and O–H groups in total. The molecule has 0 spiro atoms. The minimum Gasteiger partial charge on any atom is -0.256 e. The van der Waals surface area contributed by atoms with Crippen molar-refractivity contribution in [1.82, 2.24) is 15.0 Å². The second-order valence-electron chi connectivity index (χ2n) is 13.6. The van der Waals surface area contributed by atoms with Crippen LogP contribution >= 0.6 is 0 Å². The van der Waals surface area contributed by atoms with Crippen LogP contribution < -0.4 is 0 Å². The molecule has 11 aromatic rings. The average molecular weight is 660 g/mol. The van der Waals surface area contributed by atoms with E-state index in [9.17, 15) is 0 Å². The summed E-state index contributed by atoms with van der Waals surface area (Å²) in [4.78, 5) is 13.8. The third-order valence-electron chi connectivity index (χ3n) is 10.7. The molecule has 8 aromatic carbocycles. The van der Waals surface area contributed by atoms with Gasteiger partial charge in [-0.25, -0.2) is 0 Å². The van der Waals surface area contributed by atoms with E-state index in [2.05, 4.69) is 154 Å². The highest BCUT2D eigenvalue weighted by Crippen LogP contribution is 2.44. The number of pyridine rings is 3. The van der Waals surface area contributed by atoms with Gasteiger partial charge in [-0.1, -0.05) is 91.0 Å². The Morgan fingerprint density at radius 1 is 0.269 bits per heavy atom. The van der Waals surface area contributed by atoms with Crippen LogP contribution in [-0.4, -0.2) is 15.0 Å². The molecule has 3 nitrogen and oxygen atoms in total. The zero-order valence-corrected chi connectivity index (χ0v) is 28.1. The maximum Gasteiger partial charge on any atom is 0.0708 e. The molecule has 0 bridgehead atoms. The van der Waals surface area contributed by atoms with Crippen molar-refractivity contribution in [1.29, 1.82) is 0 Å². The summed E-state index contributed by atoms with van der Waals surface area (Å²) in [6.07, 6.45) is 5.57. The number of benzene rings is 8. The van der Waals surface area contributed by atoms with Crippen LogP contribution in [-0.2, 0) is 0 Å². The fourth-order valence-corrected chi connectivity index (χ4v) is 8.25. The van der Waals surface area contributed by atoms with Crippen molar-refractivity contribution in [2.24, 2.45) is 0 Å². The molecule has 52 heavy (non-hydrogen) atoms. The topological polar surface area (TPSA) is 38.7 Å². The highest BCUT2D eigenvalue weighted by atomic mass is 14.6. The Labute approximate surface area is 299 Å². The Morgan fingerprint density at radius 2 is 0.788 bits per heavy atom. The van der Waals surface area contributed by atoms with Gasteiger partial charge in [0.1, 0.15) is 0 Å². The summed E-state index contributed by atoms with van der Waals surface area (Å²) in [5.41, 5.74) is 12.5. The molecule has 0 aliphatic heterocycles. The van der Waals surface area contributed by atoms with E-state index in [1.807, 2.05) is 36.8 Å². The van der Waals surface area contributed by atoms with Gasteiger partial charge >= 0.3 is 0 Å². The van der Waals surface area contributed by atoms with E-state index < -0.39 is 0 Å². The predicted molar refractivity (Wildman–Crippen MR) is 218 cm³/mol. The van der Waals surface area contributed by atoms with Crippen molar-refractivity contribution in [3.8, 4) is 44.5 Å². The molecular weight excluding hydrogens is 631 g/mol. The van der Waals surface area contributed by atoms with Gasteiger partial charge in [0.05, 0.1) is 16.6 Å². The molecular formula is C49H29N3. The number of aromatic nitrogens is 3. The van der Waals surface area contributed by atoms with Crippen molar-refractivity contribution >= 4 is 65.0 Å². The molecule has 3 heterocycles. The molecule has 3 heteroatoms. The van der Waals surface area contributed by atoms with Gasteiger partial charge in [0.15, 0.2) is 0 Å². The SMILES string of the molecule is c1cnc2ccc(-c3cc(-c4ccc5ncccc5c4)cc(-c4ccc5ccc6ccc(-c7cccc8ncccc78)c7ccc4c5c67)c3)cc2c1. The van der Waals surface area contributed by atoms with Gasteiger partial charge in [-0.2, -0.15) is 0 Å². The minimum atomic E-state index is 0.996. The number of rotatable bonds is 4. The zero-order valence-electron chi connectivity index (χ0n) is 28.1. The summed E-state index contributed by atoms with van der Waals surface area (Å²) in [5, 5.41) is 11.0. The van der Waals surface area contributed by atoms with Crippen molar-refractivity contribution in [3.63, 3.8) is 0 Å². The first-order valence-electron chi connectivity index (χ1n) is 17.7. The summed E-state index contributed by atoms with van der Waals surface area (Å²) in [6.45, 7) is 0. The van der Waals surface area contributed by atoms with Gasteiger partial charge in [0, 0.05) is 34.7 Å². The van der Waals surface area contributed by atoms with E-state index in [1.54, 1.807) is 0 Å². The van der Waals surface area contributed by atoms with E-state index in [4.69, 9.17) is 0 Å². The van der Waals surface area contributed by atoms with Crippen molar-refractivity contribution in [3.05, 3.63) is 176 Å². The van der Waals surface area contributed by atoms with Crippen LogP contribution in [0.5, 0.6) is 0 Å².